The Morgan fingerprint density at radius 2 is 1.71 bits per heavy atom. The van der Waals surface area contributed by atoms with Crippen molar-refractivity contribution in [3.8, 4) is 10.4 Å². The molecule has 0 N–H and O–H groups in total. The molecule has 0 atom stereocenters. The summed E-state index contributed by atoms with van der Waals surface area (Å²) in [6.07, 6.45) is 0. The maximum absolute atomic E-state index is 12.7. The van der Waals surface area contributed by atoms with E-state index in [1.807, 2.05) is 6.07 Å². The molecule has 0 nitrogen and oxygen atoms in total. The maximum atomic E-state index is 12.7. The summed E-state index contributed by atoms with van der Waals surface area (Å²) in [5, 5.41) is 0. The minimum Gasteiger partial charge on any atom is -0.207 e. The molecule has 0 radical (unpaired) electrons. The van der Waals surface area contributed by atoms with Gasteiger partial charge in [0.05, 0.1) is 3.79 Å². The van der Waals surface area contributed by atoms with Gasteiger partial charge in [-0.2, -0.15) is 0 Å². The van der Waals surface area contributed by atoms with Gasteiger partial charge in [0.1, 0.15) is 5.82 Å². The smallest absolute Gasteiger partial charge is 0.123 e. The summed E-state index contributed by atoms with van der Waals surface area (Å²) >= 11 is 8.46. The van der Waals surface area contributed by atoms with E-state index in [-0.39, 0.29) is 5.82 Å². The molecule has 0 saturated heterocycles. The van der Waals surface area contributed by atoms with Crippen molar-refractivity contribution in [3.63, 3.8) is 0 Å². The van der Waals surface area contributed by atoms with Gasteiger partial charge in [-0.05, 0) is 55.6 Å². The zero-order chi connectivity index (χ0) is 10.1. The lowest BCUT2D eigenvalue weighted by atomic mass is 10.2. The van der Waals surface area contributed by atoms with Crippen LogP contribution in [0.25, 0.3) is 10.4 Å². The Morgan fingerprint density at radius 1 is 1.07 bits per heavy atom. The molecular formula is C10H5Br2FS. The molecule has 1 aromatic heterocycles. The van der Waals surface area contributed by atoms with E-state index in [9.17, 15) is 4.39 Å². The average molecular weight is 336 g/mol. The lowest BCUT2D eigenvalue weighted by Crippen LogP contribution is -1.73. The van der Waals surface area contributed by atoms with Gasteiger partial charge in [-0.25, -0.2) is 4.39 Å². The fraction of sp³-hybridized carbons (Fsp3) is 0. The second-order valence-electron chi connectivity index (χ2n) is 2.74. The third-order valence-electron chi connectivity index (χ3n) is 1.77. The highest BCUT2D eigenvalue weighted by molar-refractivity contribution is 9.13. The van der Waals surface area contributed by atoms with Gasteiger partial charge in [0.25, 0.3) is 0 Å². The first kappa shape index (κ1) is 10.3. The average Bonchev–Trinajstić information content (AvgIpc) is 2.48. The van der Waals surface area contributed by atoms with Gasteiger partial charge < -0.3 is 0 Å². The third-order valence-corrected chi connectivity index (χ3v) is 5.08. The van der Waals surface area contributed by atoms with E-state index in [0.717, 1.165) is 18.7 Å². The Balaban J connectivity index is 2.44. The zero-order valence-electron chi connectivity index (χ0n) is 6.93. The van der Waals surface area contributed by atoms with Crippen molar-refractivity contribution in [2.24, 2.45) is 0 Å². The first-order valence-electron chi connectivity index (χ1n) is 3.87. The van der Waals surface area contributed by atoms with Crippen LogP contribution in [0.2, 0.25) is 0 Å². The Bertz CT molecular complexity index is 428. The summed E-state index contributed by atoms with van der Waals surface area (Å²) in [4.78, 5) is 1.11. The molecule has 0 aliphatic rings. The van der Waals surface area contributed by atoms with E-state index in [0.29, 0.717) is 0 Å². The minimum atomic E-state index is -0.205. The standard InChI is InChI=1S/C10H5Br2FS/c11-8-5-9(14-10(8)12)6-1-3-7(13)4-2-6/h1-5H. The molecule has 0 bridgehead atoms. The molecule has 2 aromatic rings. The van der Waals surface area contributed by atoms with Crippen LogP contribution in [0.4, 0.5) is 4.39 Å². The minimum absolute atomic E-state index is 0.205. The summed E-state index contributed by atoms with van der Waals surface area (Å²) in [6.45, 7) is 0. The number of rotatable bonds is 1. The SMILES string of the molecule is Fc1ccc(-c2cc(Br)c(Br)s2)cc1. The molecule has 0 aliphatic carbocycles. The predicted octanol–water partition coefficient (Wildman–Crippen LogP) is 5.08. The predicted molar refractivity (Wildman–Crippen MR) is 65.1 cm³/mol. The van der Waals surface area contributed by atoms with Crippen molar-refractivity contribution < 1.29 is 4.39 Å². The second kappa shape index (κ2) is 4.13. The molecule has 2 rings (SSSR count). The van der Waals surface area contributed by atoms with Crippen LogP contribution in [-0.4, -0.2) is 0 Å². The van der Waals surface area contributed by atoms with Gasteiger partial charge in [-0.1, -0.05) is 12.1 Å². The summed E-state index contributed by atoms with van der Waals surface area (Å²) in [5.74, 6) is -0.205. The van der Waals surface area contributed by atoms with Gasteiger partial charge in [0, 0.05) is 9.35 Å². The number of hydrogen-bond acceptors (Lipinski definition) is 1. The molecule has 0 amide bonds. The van der Waals surface area contributed by atoms with Crippen molar-refractivity contribution in [1.29, 1.82) is 0 Å². The number of halogens is 3. The molecule has 0 saturated carbocycles. The fourth-order valence-corrected chi connectivity index (χ4v) is 3.14. The van der Waals surface area contributed by atoms with E-state index in [1.165, 1.54) is 12.1 Å². The van der Waals surface area contributed by atoms with Crippen LogP contribution in [0.1, 0.15) is 0 Å². The van der Waals surface area contributed by atoms with Gasteiger partial charge in [0.15, 0.2) is 0 Å². The van der Waals surface area contributed by atoms with Crippen molar-refractivity contribution in [2.45, 2.75) is 0 Å². The van der Waals surface area contributed by atoms with E-state index < -0.39 is 0 Å². The van der Waals surface area contributed by atoms with Crippen LogP contribution in [0.5, 0.6) is 0 Å². The van der Waals surface area contributed by atoms with Gasteiger partial charge in [-0.3, -0.25) is 0 Å². The molecule has 0 fully saturated rings. The fourth-order valence-electron chi connectivity index (χ4n) is 1.10. The quantitative estimate of drug-likeness (QED) is 0.681. The molecule has 1 heterocycles. The van der Waals surface area contributed by atoms with Crippen molar-refractivity contribution in [2.75, 3.05) is 0 Å². The third kappa shape index (κ3) is 2.07. The zero-order valence-corrected chi connectivity index (χ0v) is 10.9. The lowest BCUT2D eigenvalue weighted by Gasteiger charge is -1.95. The maximum Gasteiger partial charge on any atom is 0.123 e. The van der Waals surface area contributed by atoms with Crippen LogP contribution in [-0.2, 0) is 0 Å². The highest BCUT2D eigenvalue weighted by atomic mass is 79.9. The summed E-state index contributed by atoms with van der Waals surface area (Å²) in [7, 11) is 0. The largest absolute Gasteiger partial charge is 0.207 e. The van der Waals surface area contributed by atoms with Crippen LogP contribution in [0.15, 0.2) is 38.6 Å². The Kier molecular flexibility index (Phi) is 3.04. The highest BCUT2D eigenvalue weighted by Crippen LogP contribution is 2.38. The highest BCUT2D eigenvalue weighted by Gasteiger charge is 2.05. The molecule has 4 heteroatoms. The Morgan fingerprint density at radius 3 is 2.21 bits per heavy atom. The monoisotopic (exact) mass is 334 g/mol. The first-order valence-corrected chi connectivity index (χ1v) is 6.28. The van der Waals surface area contributed by atoms with E-state index in [2.05, 4.69) is 31.9 Å². The molecule has 0 unspecified atom stereocenters. The summed E-state index contributed by atoms with van der Waals surface area (Å²) in [5.41, 5.74) is 1.03. The van der Waals surface area contributed by atoms with Crippen LogP contribution in [0, 0.1) is 5.82 Å². The molecule has 1 aromatic carbocycles. The molecular weight excluding hydrogens is 331 g/mol. The van der Waals surface area contributed by atoms with Crippen LogP contribution >= 0.6 is 43.2 Å². The lowest BCUT2D eigenvalue weighted by molar-refractivity contribution is 0.628. The molecule has 14 heavy (non-hydrogen) atoms. The normalized spacial score (nSPS) is 10.5. The van der Waals surface area contributed by atoms with Crippen molar-refractivity contribution in [3.05, 3.63) is 44.4 Å². The van der Waals surface area contributed by atoms with E-state index >= 15 is 0 Å². The number of benzene rings is 1. The summed E-state index contributed by atoms with van der Waals surface area (Å²) < 4.78 is 14.8. The van der Waals surface area contributed by atoms with Gasteiger partial charge in [-0.15, -0.1) is 11.3 Å². The Hall–Kier alpha value is -0.190. The first-order chi connectivity index (χ1) is 6.66. The topological polar surface area (TPSA) is 0 Å². The van der Waals surface area contributed by atoms with E-state index in [1.54, 1.807) is 23.5 Å². The van der Waals surface area contributed by atoms with Crippen molar-refractivity contribution >= 4 is 43.2 Å². The number of hydrogen-bond donors (Lipinski definition) is 0. The second-order valence-corrected chi connectivity index (χ2v) is 5.96. The molecule has 0 aliphatic heterocycles. The molecule has 0 spiro atoms. The van der Waals surface area contributed by atoms with Crippen LogP contribution in [0.3, 0.4) is 0 Å². The Labute approximate surface area is 102 Å². The van der Waals surface area contributed by atoms with Gasteiger partial charge in [0.2, 0.25) is 0 Å². The van der Waals surface area contributed by atoms with Crippen LogP contribution < -0.4 is 0 Å². The van der Waals surface area contributed by atoms with Gasteiger partial charge >= 0.3 is 0 Å². The molecule has 72 valence electrons. The van der Waals surface area contributed by atoms with E-state index in [4.69, 9.17) is 0 Å². The van der Waals surface area contributed by atoms with Crippen molar-refractivity contribution in [1.82, 2.24) is 0 Å². The number of thiophene rings is 1. The summed E-state index contributed by atoms with van der Waals surface area (Å²) in [6, 6.07) is 8.51.